The molecule has 0 radical (unpaired) electrons. The molecule has 0 spiro atoms. The number of aromatic amines is 1. The van der Waals surface area contributed by atoms with E-state index in [-0.39, 0.29) is 12.3 Å². The van der Waals surface area contributed by atoms with Crippen LogP contribution in [0.15, 0.2) is 58.2 Å². The summed E-state index contributed by atoms with van der Waals surface area (Å²) in [4.78, 5) is 6.68. The van der Waals surface area contributed by atoms with Crippen LogP contribution in [0.25, 0.3) is 11.4 Å². The summed E-state index contributed by atoms with van der Waals surface area (Å²) in [5.74, 6) is 1.56. The van der Waals surface area contributed by atoms with Crippen molar-refractivity contribution in [3.8, 4) is 11.4 Å². The van der Waals surface area contributed by atoms with Crippen LogP contribution in [-0.4, -0.2) is 47.7 Å². The minimum absolute atomic E-state index is 0.0650. The molecule has 1 aromatic heterocycles. The Morgan fingerprint density at radius 3 is 2.71 bits per heavy atom. The molecular formula is C20H22BrN5OS. The van der Waals surface area contributed by atoms with Crippen LogP contribution in [-0.2, 0) is 4.74 Å². The fourth-order valence-electron chi connectivity index (χ4n) is 3.02. The molecule has 0 bridgehead atoms. The van der Waals surface area contributed by atoms with Crippen molar-refractivity contribution in [1.82, 2.24) is 20.5 Å². The number of ether oxygens (including phenoxy) is 1. The van der Waals surface area contributed by atoms with Crippen LogP contribution in [0.4, 0.5) is 5.69 Å². The molecule has 6 nitrogen and oxygen atoms in total. The first kappa shape index (κ1) is 19.4. The first-order valence-corrected chi connectivity index (χ1v) is 10.8. The Balaban J connectivity index is 1.32. The molecule has 1 fully saturated rings. The number of aromatic nitrogens is 3. The molecule has 8 heteroatoms. The summed E-state index contributed by atoms with van der Waals surface area (Å²) in [5.41, 5.74) is 3.33. The maximum atomic E-state index is 6.16. The second-order valence-corrected chi connectivity index (χ2v) is 8.63. The number of thioether (sulfide) groups is 1. The van der Waals surface area contributed by atoms with E-state index in [2.05, 4.69) is 65.6 Å². The Hall–Kier alpha value is -1.87. The van der Waals surface area contributed by atoms with Crippen molar-refractivity contribution in [2.45, 2.75) is 17.5 Å². The van der Waals surface area contributed by atoms with Crippen LogP contribution in [0.2, 0.25) is 0 Å². The van der Waals surface area contributed by atoms with Gasteiger partial charge in [-0.25, -0.2) is 4.98 Å². The number of hydrogen-bond donors (Lipinski definition) is 2. The molecule has 28 heavy (non-hydrogen) atoms. The molecule has 0 aliphatic carbocycles. The summed E-state index contributed by atoms with van der Waals surface area (Å²) in [5, 5.41) is 11.5. The molecule has 4 rings (SSSR count). The van der Waals surface area contributed by atoms with Gasteiger partial charge in [0.25, 0.3) is 0 Å². The number of benzene rings is 2. The molecule has 3 aromatic rings. The number of rotatable bonds is 6. The van der Waals surface area contributed by atoms with Crippen LogP contribution in [0.3, 0.4) is 0 Å². The highest BCUT2D eigenvalue weighted by Crippen LogP contribution is 2.29. The molecule has 146 valence electrons. The predicted octanol–water partition coefficient (Wildman–Crippen LogP) is 4.08. The second kappa shape index (κ2) is 8.65. The van der Waals surface area contributed by atoms with Crippen molar-refractivity contribution in [2.24, 2.45) is 0 Å². The van der Waals surface area contributed by atoms with Gasteiger partial charge in [0.2, 0.25) is 5.16 Å². The van der Waals surface area contributed by atoms with Crippen molar-refractivity contribution in [1.29, 1.82) is 0 Å². The summed E-state index contributed by atoms with van der Waals surface area (Å²) in [6.45, 7) is 0.814. The Labute approximate surface area is 177 Å². The smallest absolute Gasteiger partial charge is 0.208 e. The summed E-state index contributed by atoms with van der Waals surface area (Å²) in [6, 6.07) is 16.4. The normalized spacial score (nSPS) is 19.1. The minimum atomic E-state index is -0.0650. The van der Waals surface area contributed by atoms with Crippen molar-refractivity contribution in [3.05, 3.63) is 58.6 Å². The molecule has 0 amide bonds. The lowest BCUT2D eigenvalue weighted by Crippen LogP contribution is -2.17. The van der Waals surface area contributed by atoms with Crippen LogP contribution < -0.4 is 10.2 Å². The van der Waals surface area contributed by atoms with Gasteiger partial charge in [0.15, 0.2) is 5.82 Å². The first-order chi connectivity index (χ1) is 13.6. The topological polar surface area (TPSA) is 66.1 Å². The lowest BCUT2D eigenvalue weighted by Gasteiger charge is -2.16. The van der Waals surface area contributed by atoms with Gasteiger partial charge >= 0.3 is 0 Å². The van der Waals surface area contributed by atoms with E-state index in [1.807, 2.05) is 38.4 Å². The van der Waals surface area contributed by atoms with Crippen LogP contribution in [0, 0.1) is 0 Å². The molecular weight excluding hydrogens is 438 g/mol. The Kier molecular flexibility index (Phi) is 6.01. The highest BCUT2D eigenvalue weighted by molar-refractivity contribution is 9.10. The molecule has 1 aliphatic rings. The molecule has 0 saturated carbocycles. The monoisotopic (exact) mass is 459 g/mol. The number of anilines is 1. The van der Waals surface area contributed by atoms with E-state index in [1.54, 1.807) is 11.8 Å². The largest absolute Gasteiger partial charge is 0.378 e. The molecule has 2 heterocycles. The summed E-state index contributed by atoms with van der Waals surface area (Å²) in [7, 11) is 4.08. The summed E-state index contributed by atoms with van der Waals surface area (Å²) < 4.78 is 7.16. The van der Waals surface area contributed by atoms with Gasteiger partial charge in [0, 0.05) is 42.1 Å². The molecule has 1 saturated heterocycles. The summed E-state index contributed by atoms with van der Waals surface area (Å²) in [6.07, 6.45) is 0.0544. The lowest BCUT2D eigenvalue weighted by atomic mass is 10.2. The number of nitrogens with one attached hydrogen (secondary N) is 2. The number of halogens is 1. The van der Waals surface area contributed by atoms with E-state index < -0.39 is 0 Å². The Bertz CT molecular complexity index is 930. The zero-order chi connectivity index (χ0) is 19.5. The fourth-order valence-corrected chi connectivity index (χ4v) is 4.29. The van der Waals surface area contributed by atoms with Crippen LogP contribution >= 0.6 is 27.7 Å². The second-order valence-electron chi connectivity index (χ2n) is 6.79. The third kappa shape index (κ3) is 4.41. The van der Waals surface area contributed by atoms with Gasteiger partial charge in [-0.1, -0.05) is 58.0 Å². The highest BCUT2D eigenvalue weighted by Gasteiger charge is 2.26. The average molecular weight is 460 g/mol. The van der Waals surface area contributed by atoms with Gasteiger partial charge in [-0.2, -0.15) is 0 Å². The van der Waals surface area contributed by atoms with Crippen molar-refractivity contribution in [2.75, 3.05) is 31.3 Å². The third-order valence-corrected chi connectivity index (χ3v) is 6.23. The van der Waals surface area contributed by atoms with Crippen molar-refractivity contribution >= 4 is 33.4 Å². The van der Waals surface area contributed by atoms with E-state index in [9.17, 15) is 0 Å². The van der Waals surface area contributed by atoms with E-state index in [0.717, 1.165) is 38.9 Å². The van der Waals surface area contributed by atoms with Gasteiger partial charge in [-0.15, -0.1) is 5.10 Å². The molecule has 2 unspecified atom stereocenters. The van der Waals surface area contributed by atoms with Gasteiger partial charge in [0.1, 0.15) is 6.23 Å². The standard InChI is InChI=1S/C20H22BrN5OS/c1-26(2)14-9-7-13(8-10-14)19-22-11-15(27-19)12-28-20-23-18(24-25-20)16-5-3-4-6-17(16)21/h3-10,15,19,22H,11-12H2,1-2H3,(H,23,24,25). The molecule has 1 aliphatic heterocycles. The molecule has 2 N–H and O–H groups in total. The average Bonchev–Trinajstić information content (AvgIpc) is 3.36. The number of hydrogen-bond acceptors (Lipinski definition) is 6. The van der Waals surface area contributed by atoms with Crippen LogP contribution in [0.1, 0.15) is 11.8 Å². The van der Waals surface area contributed by atoms with Gasteiger partial charge in [0.05, 0.1) is 6.10 Å². The SMILES string of the molecule is CN(C)c1ccc(C2NCC(CSc3n[nH]c(-c4ccccc4Br)n3)O2)cc1. The Morgan fingerprint density at radius 2 is 1.96 bits per heavy atom. The van der Waals surface area contributed by atoms with E-state index in [4.69, 9.17) is 4.74 Å². The van der Waals surface area contributed by atoms with Crippen molar-refractivity contribution in [3.63, 3.8) is 0 Å². The predicted molar refractivity (Wildman–Crippen MR) is 117 cm³/mol. The van der Waals surface area contributed by atoms with Gasteiger partial charge in [-0.3, -0.25) is 10.4 Å². The third-order valence-electron chi connectivity index (χ3n) is 4.56. The minimum Gasteiger partial charge on any atom is -0.378 e. The maximum absolute atomic E-state index is 6.16. The van der Waals surface area contributed by atoms with E-state index in [1.165, 1.54) is 5.69 Å². The molecule has 2 atom stereocenters. The van der Waals surface area contributed by atoms with Crippen LogP contribution in [0.5, 0.6) is 0 Å². The number of nitrogens with zero attached hydrogens (tertiary/aromatic N) is 3. The van der Waals surface area contributed by atoms with Gasteiger partial charge < -0.3 is 9.64 Å². The zero-order valence-corrected chi connectivity index (χ0v) is 18.1. The highest BCUT2D eigenvalue weighted by atomic mass is 79.9. The van der Waals surface area contributed by atoms with E-state index >= 15 is 0 Å². The Morgan fingerprint density at radius 1 is 1.18 bits per heavy atom. The van der Waals surface area contributed by atoms with Crippen molar-refractivity contribution < 1.29 is 4.74 Å². The zero-order valence-electron chi connectivity index (χ0n) is 15.7. The van der Waals surface area contributed by atoms with E-state index in [0.29, 0.717) is 0 Å². The number of H-pyrrole nitrogens is 1. The summed E-state index contributed by atoms with van der Waals surface area (Å²) >= 11 is 5.15. The first-order valence-electron chi connectivity index (χ1n) is 9.06. The fraction of sp³-hybridized carbons (Fsp3) is 0.300. The van der Waals surface area contributed by atoms with Gasteiger partial charge in [-0.05, 0) is 23.8 Å². The molecule has 2 aromatic carbocycles. The quantitative estimate of drug-likeness (QED) is 0.541. The maximum Gasteiger partial charge on any atom is 0.208 e. The lowest BCUT2D eigenvalue weighted by molar-refractivity contribution is 0.0534.